The summed E-state index contributed by atoms with van der Waals surface area (Å²) in [5, 5.41) is 4.47. The molecule has 3 aromatic rings. The van der Waals surface area contributed by atoms with Crippen LogP contribution >= 0.6 is 0 Å². The molecule has 3 rings (SSSR count). The van der Waals surface area contributed by atoms with Gasteiger partial charge in [0.05, 0.1) is 5.69 Å². The molecule has 0 saturated carbocycles. The van der Waals surface area contributed by atoms with Crippen molar-refractivity contribution in [3.63, 3.8) is 0 Å². The molecule has 0 aliphatic heterocycles. The van der Waals surface area contributed by atoms with E-state index in [2.05, 4.69) is 43.0 Å². The van der Waals surface area contributed by atoms with Gasteiger partial charge in [0.2, 0.25) is 0 Å². The van der Waals surface area contributed by atoms with Gasteiger partial charge in [-0.3, -0.25) is 9.48 Å². The van der Waals surface area contributed by atoms with E-state index in [4.69, 9.17) is 4.98 Å². The van der Waals surface area contributed by atoms with Crippen LogP contribution in [0.5, 0.6) is 0 Å². The molecule has 120 valence electrons. The van der Waals surface area contributed by atoms with E-state index in [0.717, 1.165) is 29.6 Å². The molecule has 2 heterocycles. The van der Waals surface area contributed by atoms with Crippen molar-refractivity contribution < 1.29 is 0 Å². The van der Waals surface area contributed by atoms with E-state index in [1.54, 1.807) is 11.7 Å². The molecule has 0 atom stereocenters. The second-order valence-corrected chi connectivity index (χ2v) is 6.42. The Morgan fingerprint density at radius 2 is 1.91 bits per heavy atom. The standard InChI is InChI=1S/C18H22N4O/c1-5-9-13-14-15(22(4)21-13)16(23)20-17(19-14)18(2,3)12-10-7-6-8-11-12/h6-8,10-11H,5,9H2,1-4H3,(H,19,20,23). The summed E-state index contributed by atoms with van der Waals surface area (Å²) in [6.07, 6.45) is 1.79. The summed E-state index contributed by atoms with van der Waals surface area (Å²) >= 11 is 0. The average Bonchev–Trinajstić information content (AvgIpc) is 2.85. The first-order chi connectivity index (χ1) is 10.9. The zero-order chi connectivity index (χ0) is 16.6. The van der Waals surface area contributed by atoms with Gasteiger partial charge in [0.25, 0.3) is 5.56 Å². The summed E-state index contributed by atoms with van der Waals surface area (Å²) < 4.78 is 1.63. The highest BCUT2D eigenvalue weighted by atomic mass is 16.1. The number of rotatable bonds is 4. The van der Waals surface area contributed by atoms with Gasteiger partial charge in [-0.15, -0.1) is 0 Å². The van der Waals surface area contributed by atoms with Crippen LogP contribution in [0.25, 0.3) is 11.0 Å². The molecule has 5 heteroatoms. The van der Waals surface area contributed by atoms with Gasteiger partial charge in [-0.05, 0) is 25.8 Å². The number of aromatic nitrogens is 4. The molecule has 5 nitrogen and oxygen atoms in total. The number of benzene rings is 1. The van der Waals surface area contributed by atoms with Crippen molar-refractivity contribution >= 4 is 11.0 Å². The van der Waals surface area contributed by atoms with E-state index in [9.17, 15) is 4.79 Å². The Balaban J connectivity index is 2.23. The minimum Gasteiger partial charge on any atom is -0.308 e. The summed E-state index contributed by atoms with van der Waals surface area (Å²) in [5.74, 6) is 0.673. The third-order valence-electron chi connectivity index (χ3n) is 4.34. The summed E-state index contributed by atoms with van der Waals surface area (Å²) in [7, 11) is 1.79. The van der Waals surface area contributed by atoms with Crippen LogP contribution < -0.4 is 5.56 Å². The van der Waals surface area contributed by atoms with E-state index in [1.807, 2.05) is 18.2 Å². The fourth-order valence-electron chi connectivity index (χ4n) is 2.94. The van der Waals surface area contributed by atoms with Crippen LogP contribution in [0.3, 0.4) is 0 Å². The fourth-order valence-corrected chi connectivity index (χ4v) is 2.94. The number of hydrogen-bond acceptors (Lipinski definition) is 3. The fraction of sp³-hybridized carbons (Fsp3) is 0.389. The second kappa shape index (κ2) is 5.65. The smallest absolute Gasteiger partial charge is 0.277 e. The van der Waals surface area contributed by atoms with E-state index in [0.29, 0.717) is 11.3 Å². The molecule has 23 heavy (non-hydrogen) atoms. The van der Waals surface area contributed by atoms with Crippen LogP contribution in [-0.4, -0.2) is 19.7 Å². The lowest BCUT2D eigenvalue weighted by Crippen LogP contribution is -2.26. The molecule has 0 amide bonds. The molecular formula is C18H22N4O. The minimum absolute atomic E-state index is 0.133. The maximum atomic E-state index is 12.6. The highest BCUT2D eigenvalue weighted by Crippen LogP contribution is 2.29. The first-order valence-electron chi connectivity index (χ1n) is 7.97. The number of hydrogen-bond donors (Lipinski definition) is 1. The number of fused-ring (bicyclic) bond motifs is 1. The van der Waals surface area contributed by atoms with Crippen LogP contribution in [0.2, 0.25) is 0 Å². The van der Waals surface area contributed by atoms with Crippen molar-refractivity contribution in [2.45, 2.75) is 39.0 Å². The van der Waals surface area contributed by atoms with Crippen molar-refractivity contribution in [3.05, 3.63) is 57.8 Å². The molecule has 0 radical (unpaired) electrons. The molecule has 0 bridgehead atoms. The molecule has 1 N–H and O–H groups in total. The zero-order valence-electron chi connectivity index (χ0n) is 14.1. The Bertz CT molecular complexity index is 891. The Labute approximate surface area is 135 Å². The van der Waals surface area contributed by atoms with Crippen molar-refractivity contribution in [2.75, 3.05) is 0 Å². The molecule has 0 aliphatic carbocycles. The largest absolute Gasteiger partial charge is 0.308 e. The molecule has 0 saturated heterocycles. The number of H-pyrrole nitrogens is 1. The highest BCUT2D eigenvalue weighted by molar-refractivity contribution is 5.76. The van der Waals surface area contributed by atoms with Crippen LogP contribution in [0.1, 0.15) is 44.3 Å². The maximum absolute atomic E-state index is 12.6. The van der Waals surface area contributed by atoms with E-state index < -0.39 is 0 Å². The molecule has 0 unspecified atom stereocenters. The number of aromatic amines is 1. The third kappa shape index (κ3) is 2.56. The summed E-state index contributed by atoms with van der Waals surface area (Å²) in [5.41, 5.74) is 2.75. The van der Waals surface area contributed by atoms with Crippen LogP contribution in [0.15, 0.2) is 35.1 Å². The van der Waals surface area contributed by atoms with Gasteiger partial charge >= 0.3 is 0 Å². The molecule has 1 aromatic carbocycles. The molecule has 0 fully saturated rings. The Morgan fingerprint density at radius 3 is 2.57 bits per heavy atom. The summed E-state index contributed by atoms with van der Waals surface area (Å²) in [4.78, 5) is 20.3. The lowest BCUT2D eigenvalue weighted by molar-refractivity contribution is 0.590. The van der Waals surface area contributed by atoms with Gasteiger partial charge in [0.15, 0.2) is 5.52 Å². The SMILES string of the molecule is CCCc1nn(C)c2c(=O)[nH]c(C(C)(C)c3ccccc3)nc12. The Morgan fingerprint density at radius 1 is 1.22 bits per heavy atom. The topological polar surface area (TPSA) is 63.6 Å². The van der Waals surface area contributed by atoms with E-state index in [1.165, 1.54) is 0 Å². The van der Waals surface area contributed by atoms with E-state index >= 15 is 0 Å². The third-order valence-corrected chi connectivity index (χ3v) is 4.34. The summed E-state index contributed by atoms with van der Waals surface area (Å²) in [6, 6.07) is 10.1. The predicted octanol–water partition coefficient (Wildman–Crippen LogP) is 2.94. The van der Waals surface area contributed by atoms with Gasteiger partial charge in [0.1, 0.15) is 11.3 Å². The van der Waals surface area contributed by atoms with Gasteiger partial charge in [-0.1, -0.05) is 43.7 Å². The number of nitrogens with one attached hydrogen (secondary N) is 1. The average molecular weight is 310 g/mol. The van der Waals surface area contributed by atoms with Crippen LogP contribution in [-0.2, 0) is 18.9 Å². The first-order valence-corrected chi connectivity index (χ1v) is 7.97. The maximum Gasteiger partial charge on any atom is 0.277 e. The zero-order valence-corrected chi connectivity index (χ0v) is 14.1. The summed E-state index contributed by atoms with van der Waals surface area (Å²) in [6.45, 7) is 6.24. The lowest BCUT2D eigenvalue weighted by atomic mass is 9.84. The second-order valence-electron chi connectivity index (χ2n) is 6.42. The monoisotopic (exact) mass is 310 g/mol. The molecule has 2 aromatic heterocycles. The van der Waals surface area contributed by atoms with Gasteiger partial charge in [-0.25, -0.2) is 4.98 Å². The van der Waals surface area contributed by atoms with E-state index in [-0.39, 0.29) is 11.0 Å². The van der Waals surface area contributed by atoms with Crippen LogP contribution in [0, 0.1) is 0 Å². The van der Waals surface area contributed by atoms with Crippen LogP contribution in [0.4, 0.5) is 0 Å². The van der Waals surface area contributed by atoms with Crippen molar-refractivity contribution in [1.82, 2.24) is 19.7 Å². The van der Waals surface area contributed by atoms with Gasteiger partial charge in [0, 0.05) is 12.5 Å². The highest BCUT2D eigenvalue weighted by Gasteiger charge is 2.27. The Kier molecular flexibility index (Phi) is 3.80. The minimum atomic E-state index is -0.381. The number of nitrogens with zero attached hydrogens (tertiary/aromatic N) is 3. The Hall–Kier alpha value is -2.43. The molecular weight excluding hydrogens is 288 g/mol. The van der Waals surface area contributed by atoms with Crippen molar-refractivity contribution in [3.8, 4) is 0 Å². The lowest BCUT2D eigenvalue weighted by Gasteiger charge is -2.24. The van der Waals surface area contributed by atoms with Crippen molar-refractivity contribution in [2.24, 2.45) is 7.05 Å². The normalized spacial score (nSPS) is 12.0. The van der Waals surface area contributed by atoms with Gasteiger partial charge < -0.3 is 4.98 Å². The molecule has 0 spiro atoms. The molecule has 0 aliphatic rings. The quantitative estimate of drug-likeness (QED) is 0.806. The van der Waals surface area contributed by atoms with Crippen molar-refractivity contribution in [1.29, 1.82) is 0 Å². The predicted molar refractivity (Wildman–Crippen MR) is 91.7 cm³/mol. The first kappa shape index (κ1) is 15.5. The number of aryl methyl sites for hydroxylation is 2. The van der Waals surface area contributed by atoms with Gasteiger partial charge in [-0.2, -0.15) is 5.10 Å².